The summed E-state index contributed by atoms with van der Waals surface area (Å²) in [5.41, 5.74) is 2.01. The van der Waals surface area contributed by atoms with E-state index in [0.717, 1.165) is 41.0 Å². The molecule has 3 heterocycles. The molecular formula is C15H19N5S. The van der Waals surface area contributed by atoms with Gasteiger partial charge in [-0.1, -0.05) is 19.1 Å². The molecule has 0 unspecified atom stereocenters. The number of aromatic nitrogens is 4. The normalized spacial score (nSPS) is 14.9. The van der Waals surface area contributed by atoms with Gasteiger partial charge in [-0.3, -0.25) is 5.10 Å². The lowest BCUT2D eigenvalue weighted by atomic mass is 10.3. The molecule has 3 rings (SSSR count). The van der Waals surface area contributed by atoms with E-state index in [1.807, 2.05) is 19.1 Å². The Morgan fingerprint density at radius 2 is 2.00 bits per heavy atom. The number of aryl methyl sites for hydroxylation is 2. The molecule has 21 heavy (non-hydrogen) atoms. The van der Waals surface area contributed by atoms with Gasteiger partial charge in [-0.2, -0.15) is 5.10 Å². The lowest BCUT2D eigenvalue weighted by molar-refractivity contribution is 0.942. The molecule has 0 saturated heterocycles. The Morgan fingerprint density at radius 1 is 1.19 bits per heavy atom. The van der Waals surface area contributed by atoms with Crippen LogP contribution >= 0.6 is 10.9 Å². The molecule has 0 atom stereocenters. The molecule has 2 N–H and O–H groups in total. The van der Waals surface area contributed by atoms with Crippen molar-refractivity contribution in [2.24, 2.45) is 0 Å². The summed E-state index contributed by atoms with van der Waals surface area (Å²) in [5, 5.41) is 14.8. The van der Waals surface area contributed by atoms with Gasteiger partial charge in [0, 0.05) is 23.6 Å². The van der Waals surface area contributed by atoms with E-state index < -0.39 is 0 Å². The van der Waals surface area contributed by atoms with Crippen molar-refractivity contribution in [1.29, 1.82) is 0 Å². The minimum Gasteiger partial charge on any atom is -0.325 e. The molecule has 0 aliphatic carbocycles. The van der Waals surface area contributed by atoms with Gasteiger partial charge in [0.05, 0.1) is 5.69 Å². The van der Waals surface area contributed by atoms with E-state index in [1.165, 1.54) is 0 Å². The topological polar surface area (TPSA) is 66.5 Å². The molecule has 1 aliphatic rings. The Bertz CT molecular complexity index is 677. The fraction of sp³-hybridized carbons (Fsp3) is 0.267. The Kier molecular flexibility index (Phi) is 4.06. The first-order chi connectivity index (χ1) is 10.2. The second-order valence-electron chi connectivity index (χ2n) is 4.92. The van der Waals surface area contributed by atoms with Gasteiger partial charge in [0.1, 0.15) is 17.5 Å². The largest absolute Gasteiger partial charge is 0.325 e. The number of nitrogens with one attached hydrogen (secondary N) is 2. The highest BCUT2D eigenvalue weighted by molar-refractivity contribution is 8.21. The molecule has 6 heteroatoms. The minimum atomic E-state index is -0.240. The average molecular weight is 301 g/mol. The van der Waals surface area contributed by atoms with Crippen molar-refractivity contribution in [1.82, 2.24) is 20.2 Å². The van der Waals surface area contributed by atoms with Crippen molar-refractivity contribution in [2.45, 2.75) is 26.0 Å². The second-order valence-corrected chi connectivity index (χ2v) is 6.86. The highest BCUT2D eigenvalue weighted by Gasteiger charge is 2.08. The minimum absolute atomic E-state index is 0.240. The van der Waals surface area contributed by atoms with Crippen LogP contribution in [-0.4, -0.2) is 20.2 Å². The summed E-state index contributed by atoms with van der Waals surface area (Å²) in [4.78, 5) is 9.26. The Morgan fingerprint density at radius 3 is 2.67 bits per heavy atom. The van der Waals surface area contributed by atoms with E-state index in [0.29, 0.717) is 0 Å². The Hall–Kier alpha value is -2.08. The number of H-pyrrole nitrogens is 1. The van der Waals surface area contributed by atoms with Crippen molar-refractivity contribution < 1.29 is 0 Å². The van der Waals surface area contributed by atoms with Gasteiger partial charge < -0.3 is 5.32 Å². The number of allylic oxidation sites excluding steroid dienone is 2. The van der Waals surface area contributed by atoms with Gasteiger partial charge in [0.2, 0.25) is 0 Å². The summed E-state index contributed by atoms with van der Waals surface area (Å²) >= 11 is 0. The van der Waals surface area contributed by atoms with Crippen LogP contribution in [-0.2, 0) is 12.2 Å². The molecule has 0 radical (unpaired) electrons. The van der Waals surface area contributed by atoms with E-state index in [4.69, 9.17) is 0 Å². The SMILES string of the molecule is CCc1cc(Nc2cc(C)n[nH]2)nc(C[SH]2C=CC=C2)n1. The number of thiol groups is 1. The molecule has 1 aliphatic heterocycles. The summed E-state index contributed by atoms with van der Waals surface area (Å²) in [6.07, 6.45) is 5.10. The highest BCUT2D eigenvalue weighted by atomic mass is 32.2. The van der Waals surface area contributed by atoms with Gasteiger partial charge >= 0.3 is 0 Å². The van der Waals surface area contributed by atoms with Crippen LogP contribution in [0, 0.1) is 6.92 Å². The molecule has 2 aromatic rings. The molecule has 2 aromatic heterocycles. The number of anilines is 2. The van der Waals surface area contributed by atoms with Crippen molar-refractivity contribution in [3.05, 3.63) is 52.3 Å². The number of rotatable bonds is 5. The number of nitrogens with zero attached hydrogens (tertiary/aromatic N) is 3. The lowest BCUT2D eigenvalue weighted by Crippen LogP contribution is -2.03. The van der Waals surface area contributed by atoms with Gasteiger partial charge in [-0.15, -0.1) is 0 Å². The smallest absolute Gasteiger partial charge is 0.139 e. The first-order valence-electron chi connectivity index (χ1n) is 6.99. The third-order valence-electron chi connectivity index (χ3n) is 3.15. The van der Waals surface area contributed by atoms with E-state index in [9.17, 15) is 0 Å². The molecule has 0 bridgehead atoms. The second kappa shape index (κ2) is 6.13. The molecule has 110 valence electrons. The standard InChI is InChI=1S/C15H19N5S/c1-3-12-9-13(17-14-8-11(2)19-20-14)18-15(16-12)10-21-6-4-5-7-21/h4-9,21H,3,10H2,1-2H3,(H2,16,17,18,19,20). The van der Waals surface area contributed by atoms with Crippen LogP contribution in [0.4, 0.5) is 11.6 Å². The molecule has 0 amide bonds. The van der Waals surface area contributed by atoms with Crippen LogP contribution in [0.3, 0.4) is 0 Å². The summed E-state index contributed by atoms with van der Waals surface area (Å²) < 4.78 is 0. The fourth-order valence-corrected chi connectivity index (χ4v) is 3.55. The maximum Gasteiger partial charge on any atom is 0.139 e. The third-order valence-corrected chi connectivity index (χ3v) is 4.90. The summed E-state index contributed by atoms with van der Waals surface area (Å²) in [5.74, 6) is 3.47. The van der Waals surface area contributed by atoms with E-state index >= 15 is 0 Å². The molecule has 0 fully saturated rings. The number of hydrogen-bond donors (Lipinski definition) is 3. The van der Waals surface area contributed by atoms with Crippen molar-refractivity contribution in [3.63, 3.8) is 0 Å². The number of aromatic amines is 1. The summed E-state index contributed by atoms with van der Waals surface area (Å²) in [7, 11) is -0.240. The number of hydrogen-bond acceptors (Lipinski definition) is 4. The van der Waals surface area contributed by atoms with Gasteiger partial charge in [0.25, 0.3) is 0 Å². The third kappa shape index (κ3) is 3.52. The zero-order valence-electron chi connectivity index (χ0n) is 12.2. The molecule has 5 nitrogen and oxygen atoms in total. The van der Waals surface area contributed by atoms with Crippen molar-refractivity contribution >= 4 is 22.5 Å². The summed E-state index contributed by atoms with van der Waals surface area (Å²) in [6.45, 7) is 4.06. The monoisotopic (exact) mass is 301 g/mol. The van der Waals surface area contributed by atoms with Gasteiger partial charge in [-0.05, 0) is 24.2 Å². The molecule has 0 saturated carbocycles. The fourth-order valence-electron chi connectivity index (χ4n) is 2.13. The maximum atomic E-state index is 4.63. The molecule has 0 spiro atoms. The van der Waals surface area contributed by atoms with Crippen molar-refractivity contribution in [2.75, 3.05) is 5.32 Å². The van der Waals surface area contributed by atoms with E-state index in [-0.39, 0.29) is 10.9 Å². The zero-order valence-corrected chi connectivity index (χ0v) is 13.1. The lowest BCUT2D eigenvalue weighted by Gasteiger charge is -2.11. The van der Waals surface area contributed by atoms with E-state index in [2.05, 4.69) is 55.4 Å². The quantitative estimate of drug-likeness (QED) is 0.741. The van der Waals surface area contributed by atoms with Crippen LogP contribution in [0.5, 0.6) is 0 Å². The molecule has 0 aromatic carbocycles. The van der Waals surface area contributed by atoms with Crippen LogP contribution in [0.2, 0.25) is 0 Å². The summed E-state index contributed by atoms with van der Waals surface area (Å²) in [6, 6.07) is 3.95. The van der Waals surface area contributed by atoms with Gasteiger partial charge in [0.15, 0.2) is 0 Å². The predicted octanol–water partition coefficient (Wildman–Crippen LogP) is 3.36. The zero-order chi connectivity index (χ0) is 14.7. The van der Waals surface area contributed by atoms with Crippen LogP contribution in [0.15, 0.2) is 35.1 Å². The Balaban J connectivity index is 1.82. The van der Waals surface area contributed by atoms with Crippen LogP contribution < -0.4 is 5.32 Å². The predicted molar refractivity (Wildman–Crippen MR) is 89.0 cm³/mol. The highest BCUT2D eigenvalue weighted by Crippen LogP contribution is 2.35. The average Bonchev–Trinajstić information content (AvgIpc) is 3.10. The van der Waals surface area contributed by atoms with Crippen LogP contribution in [0.1, 0.15) is 24.1 Å². The first kappa shape index (κ1) is 13.9. The Labute approximate surface area is 127 Å². The molecular weight excluding hydrogens is 282 g/mol. The maximum absolute atomic E-state index is 4.63. The van der Waals surface area contributed by atoms with Crippen LogP contribution in [0.25, 0.3) is 0 Å². The van der Waals surface area contributed by atoms with E-state index in [1.54, 1.807) is 0 Å². The van der Waals surface area contributed by atoms with Gasteiger partial charge in [-0.25, -0.2) is 20.9 Å². The first-order valence-corrected chi connectivity index (χ1v) is 8.66. The van der Waals surface area contributed by atoms with Crippen molar-refractivity contribution in [3.8, 4) is 0 Å².